The van der Waals surface area contributed by atoms with Crippen molar-refractivity contribution in [2.75, 3.05) is 0 Å². The van der Waals surface area contributed by atoms with Crippen molar-refractivity contribution < 1.29 is 73.5 Å². The van der Waals surface area contributed by atoms with Crippen molar-refractivity contribution in [1.29, 1.82) is 0 Å². The molecule has 0 amide bonds. The van der Waals surface area contributed by atoms with Gasteiger partial charge in [0.15, 0.2) is 42.1 Å². The van der Waals surface area contributed by atoms with E-state index < -0.39 is 31.3 Å². The Hall–Kier alpha value is -3.42. The van der Waals surface area contributed by atoms with Crippen LogP contribution in [0.25, 0.3) is 0 Å². The second kappa shape index (κ2) is 17.5. The molecule has 0 spiro atoms. The van der Waals surface area contributed by atoms with E-state index in [1.54, 1.807) is 0 Å². The molecule has 5 aromatic carbocycles. The van der Waals surface area contributed by atoms with Crippen LogP contribution in [-0.2, 0) is 37.6 Å². The molecule has 6 nitrogen and oxygen atoms in total. The third kappa shape index (κ3) is 13.1. The van der Waals surface area contributed by atoms with Crippen LogP contribution < -0.4 is 21.2 Å². The van der Waals surface area contributed by atoms with Gasteiger partial charge in [0, 0.05) is 0 Å². The normalized spacial score (nSPS) is 11.9. The van der Waals surface area contributed by atoms with Crippen LogP contribution in [0.5, 0.6) is 0 Å². The second-order valence-electron chi connectivity index (χ2n) is 9.57. The summed E-state index contributed by atoms with van der Waals surface area (Å²) in [5, 5.41) is 0. The van der Waals surface area contributed by atoms with Crippen molar-refractivity contribution >= 4 is 31.1 Å². The molecule has 0 atom stereocenters. The van der Waals surface area contributed by atoms with E-state index in [9.17, 15) is 26.3 Å². The van der Waals surface area contributed by atoms with Crippen molar-refractivity contribution in [3.63, 3.8) is 0 Å². The molecule has 0 heterocycles. The Bertz CT molecular complexity index is 1880. The summed E-state index contributed by atoms with van der Waals surface area (Å²) < 4.78 is 121. The van der Waals surface area contributed by atoms with Crippen LogP contribution >= 0.6 is 0 Å². The molecule has 16 heteroatoms. The average Bonchev–Trinajstić information content (AvgIpc) is 3.03. The van der Waals surface area contributed by atoms with Gasteiger partial charge in [-0.2, -0.15) is 26.3 Å². The molecular weight excluding hydrogens is 829 g/mol. The zero-order chi connectivity index (χ0) is 36.3. The smallest absolute Gasteiger partial charge is 0.485 e. The highest BCUT2D eigenvalue weighted by molar-refractivity contribution is 7.97. The number of hydrogen-bond acceptors (Lipinski definition) is 6. The van der Waals surface area contributed by atoms with E-state index in [1.807, 2.05) is 0 Å². The fourth-order valence-corrected chi connectivity index (χ4v) is 8.07. The first kappa shape index (κ1) is 40.0. The monoisotopic (exact) mass is 854 g/mol. The van der Waals surface area contributed by atoms with Crippen molar-refractivity contribution in [1.82, 2.24) is 0 Å². The molecule has 5 rings (SSSR count). The standard InChI is InChI=1S/C31H25IS.2CHF3O3S/c1-4-10-27(11-5-1)32-28-20-16-25(17-21-28)24-26-18-22-31(23-19-26)33(29-12-6-2-7-13-29)30-14-8-3-9-15-30;2*2-1(3,4)8(5,6)7/h1-23H,24H2;2*(H,5,6,7)/q+2;;/p-2. The number of alkyl halides is 6. The van der Waals surface area contributed by atoms with E-state index in [-0.39, 0.29) is 32.1 Å². The number of benzene rings is 5. The molecule has 0 bridgehead atoms. The summed E-state index contributed by atoms with van der Waals surface area (Å²) in [6.07, 6.45) is 0.967. The molecule has 5 aromatic rings. The highest BCUT2D eigenvalue weighted by atomic mass is 127. The maximum atomic E-state index is 10.7. The second-order valence-corrected chi connectivity index (χ2v) is 17.4. The molecule has 0 aliphatic carbocycles. The third-order valence-corrected chi connectivity index (χ3v) is 12.0. The van der Waals surface area contributed by atoms with Crippen LogP contribution in [0.15, 0.2) is 154 Å². The molecule has 0 saturated heterocycles. The first-order valence-electron chi connectivity index (χ1n) is 13.6. The maximum Gasteiger partial charge on any atom is 0.485 e. The van der Waals surface area contributed by atoms with Crippen LogP contribution in [-0.4, -0.2) is 37.0 Å². The van der Waals surface area contributed by atoms with Crippen LogP contribution in [0.3, 0.4) is 0 Å². The summed E-state index contributed by atoms with van der Waals surface area (Å²) >= 11 is -0.101. The molecular formula is C33H25F6IO6S3. The minimum atomic E-state index is -6.09. The van der Waals surface area contributed by atoms with Crippen LogP contribution in [0.1, 0.15) is 11.1 Å². The third-order valence-electron chi connectivity index (χ3n) is 5.96. The highest BCUT2D eigenvalue weighted by Crippen LogP contribution is 2.31. The Morgan fingerprint density at radius 1 is 0.469 bits per heavy atom. The molecule has 0 aromatic heterocycles. The first-order chi connectivity index (χ1) is 22.8. The van der Waals surface area contributed by atoms with E-state index in [1.165, 1.54) is 33.0 Å². The highest BCUT2D eigenvalue weighted by Gasteiger charge is 2.37. The van der Waals surface area contributed by atoms with E-state index in [0.717, 1.165) is 6.42 Å². The van der Waals surface area contributed by atoms with Gasteiger partial charge in [-0.3, -0.25) is 0 Å². The van der Waals surface area contributed by atoms with E-state index >= 15 is 0 Å². The first-order valence-corrected chi connectivity index (χ1v) is 19.8. The molecule has 0 unspecified atom stereocenters. The Labute approximate surface area is 292 Å². The van der Waals surface area contributed by atoms with Crippen LogP contribution in [0.4, 0.5) is 26.3 Å². The molecule has 0 N–H and O–H groups in total. The Morgan fingerprint density at radius 3 is 1.10 bits per heavy atom. The minimum absolute atomic E-state index is 0.0884. The summed E-state index contributed by atoms with van der Waals surface area (Å²) in [4.78, 5) is 4.07. The predicted octanol–water partition coefficient (Wildman–Crippen LogP) is 4.60. The SMILES string of the molecule is O=S(=O)([O-])C(F)(F)F.O=S(=O)([O-])C(F)(F)F.c1ccc([I+]c2ccc(Cc3ccc([S+](c4ccccc4)c4ccccc4)cc3)cc2)cc1. The van der Waals surface area contributed by atoms with Gasteiger partial charge in [-0.1, -0.05) is 78.9 Å². The average molecular weight is 855 g/mol. The van der Waals surface area contributed by atoms with Gasteiger partial charge < -0.3 is 9.11 Å². The maximum absolute atomic E-state index is 10.7. The van der Waals surface area contributed by atoms with E-state index in [2.05, 4.69) is 140 Å². The number of halogens is 7. The molecule has 260 valence electrons. The minimum Gasteiger partial charge on any atom is -0.741 e. The van der Waals surface area contributed by atoms with Gasteiger partial charge in [-0.25, -0.2) is 16.8 Å². The zero-order valence-electron chi connectivity index (χ0n) is 24.8. The van der Waals surface area contributed by atoms with Gasteiger partial charge in [0.2, 0.25) is 0 Å². The largest absolute Gasteiger partial charge is 0.741 e. The van der Waals surface area contributed by atoms with Crippen molar-refractivity contribution in [3.05, 3.63) is 158 Å². The summed E-state index contributed by atoms with van der Waals surface area (Å²) in [5.74, 6) is 0. The predicted molar refractivity (Wildman–Crippen MR) is 166 cm³/mol. The van der Waals surface area contributed by atoms with Gasteiger partial charge in [0.05, 0.1) is 10.9 Å². The van der Waals surface area contributed by atoms with Crippen molar-refractivity contribution in [2.45, 2.75) is 32.1 Å². The molecule has 0 aliphatic heterocycles. The van der Waals surface area contributed by atoms with Gasteiger partial charge in [0.1, 0.15) is 0 Å². The zero-order valence-corrected chi connectivity index (χ0v) is 29.4. The van der Waals surface area contributed by atoms with Crippen LogP contribution in [0.2, 0.25) is 0 Å². The Morgan fingerprint density at radius 2 is 0.755 bits per heavy atom. The van der Waals surface area contributed by atoms with Crippen LogP contribution in [0, 0.1) is 7.14 Å². The van der Waals surface area contributed by atoms with Gasteiger partial charge in [-0.05, 0) is 78.2 Å². The summed E-state index contributed by atoms with van der Waals surface area (Å²) in [6.45, 7) is 0. The van der Waals surface area contributed by atoms with Crippen molar-refractivity contribution in [3.8, 4) is 0 Å². The molecule has 0 aliphatic rings. The topological polar surface area (TPSA) is 114 Å². The summed E-state index contributed by atoms with van der Waals surface area (Å²) in [5.41, 5.74) is -8.57. The lowest BCUT2D eigenvalue weighted by Gasteiger charge is -2.09. The molecule has 0 saturated carbocycles. The van der Waals surface area contributed by atoms with Gasteiger partial charge in [-0.15, -0.1) is 0 Å². The lowest BCUT2D eigenvalue weighted by molar-refractivity contribution is -0.597. The number of hydrogen-bond donors (Lipinski definition) is 0. The molecule has 0 radical (unpaired) electrons. The summed E-state index contributed by atoms with van der Waals surface area (Å²) in [7, 11) is -12.3. The van der Waals surface area contributed by atoms with E-state index in [0.29, 0.717) is 0 Å². The lowest BCUT2D eigenvalue weighted by Crippen LogP contribution is -3.61. The van der Waals surface area contributed by atoms with Gasteiger partial charge in [0.25, 0.3) is 0 Å². The Kier molecular flexibility index (Phi) is 14.3. The number of rotatable bonds is 7. The fourth-order valence-electron chi connectivity index (χ4n) is 3.77. The van der Waals surface area contributed by atoms with Crippen molar-refractivity contribution in [2.24, 2.45) is 0 Å². The molecule has 0 fully saturated rings. The lowest BCUT2D eigenvalue weighted by atomic mass is 10.1. The molecule has 49 heavy (non-hydrogen) atoms. The quantitative estimate of drug-likeness (QED) is 0.0778. The fraction of sp³-hybridized carbons (Fsp3) is 0.0909. The van der Waals surface area contributed by atoms with E-state index in [4.69, 9.17) is 25.9 Å². The Balaban J connectivity index is 0.000000338. The van der Waals surface area contributed by atoms with Gasteiger partial charge >= 0.3 is 32.2 Å². The summed E-state index contributed by atoms with van der Waals surface area (Å²) in [6, 6.07) is 50.9.